The highest BCUT2D eigenvalue weighted by Gasteiger charge is 2.41. The molecule has 0 aliphatic carbocycles. The van der Waals surface area contributed by atoms with Crippen molar-refractivity contribution in [3.05, 3.63) is 40.6 Å². The summed E-state index contributed by atoms with van der Waals surface area (Å²) in [6.07, 6.45) is 3.04. The molecule has 0 N–H and O–H groups in total. The Hall–Kier alpha value is -2.34. The van der Waals surface area contributed by atoms with Crippen molar-refractivity contribution in [2.24, 2.45) is 0 Å². The highest BCUT2D eigenvalue weighted by molar-refractivity contribution is 6.52. The lowest BCUT2D eigenvalue weighted by molar-refractivity contribution is -0.121. The second-order valence-corrected chi connectivity index (χ2v) is 6.08. The minimum absolute atomic E-state index is 0.0645. The van der Waals surface area contributed by atoms with E-state index in [2.05, 4.69) is 4.74 Å². The van der Waals surface area contributed by atoms with Gasteiger partial charge in [0.15, 0.2) is 0 Å². The Morgan fingerprint density at radius 1 is 1.12 bits per heavy atom. The molecule has 0 bridgehead atoms. The van der Waals surface area contributed by atoms with E-state index in [1.165, 1.54) is 13.2 Å². The number of halogens is 1. The number of carbonyl (C=O) groups excluding carboxylic acids is 3. The summed E-state index contributed by atoms with van der Waals surface area (Å²) in [6.45, 7) is 1.42. The smallest absolute Gasteiger partial charge is 0.337 e. The number of piperidine rings is 1. The highest BCUT2D eigenvalue weighted by atomic mass is 35.5. The summed E-state index contributed by atoms with van der Waals surface area (Å²) in [6, 6.07) is 6.19. The molecular weight excluding hydrogens is 332 g/mol. The van der Waals surface area contributed by atoms with Crippen molar-refractivity contribution in [1.82, 2.24) is 4.90 Å². The number of likely N-dealkylation sites (tertiary alicyclic amines) is 1. The number of hydrogen-bond donors (Lipinski definition) is 0. The van der Waals surface area contributed by atoms with Crippen molar-refractivity contribution < 1.29 is 19.1 Å². The predicted molar refractivity (Wildman–Crippen MR) is 88.6 cm³/mol. The van der Waals surface area contributed by atoms with Crippen LogP contribution < -0.4 is 4.90 Å². The summed E-state index contributed by atoms with van der Waals surface area (Å²) in [5.41, 5.74) is 0.820. The average Bonchev–Trinajstić information content (AvgIpc) is 2.84. The molecule has 1 fully saturated rings. The zero-order valence-corrected chi connectivity index (χ0v) is 14.0. The van der Waals surface area contributed by atoms with Gasteiger partial charge in [0.05, 0.1) is 18.4 Å². The van der Waals surface area contributed by atoms with E-state index in [1.807, 2.05) is 4.90 Å². The number of imide groups is 1. The van der Waals surface area contributed by atoms with Crippen LogP contribution in [0, 0.1) is 0 Å². The van der Waals surface area contributed by atoms with Gasteiger partial charge >= 0.3 is 5.97 Å². The molecule has 1 aromatic rings. The maximum absolute atomic E-state index is 12.8. The topological polar surface area (TPSA) is 66.9 Å². The van der Waals surface area contributed by atoms with Crippen LogP contribution in [0.15, 0.2) is 35.0 Å². The summed E-state index contributed by atoms with van der Waals surface area (Å²) in [5, 5.41) is -0.0645. The Kier molecular flexibility index (Phi) is 4.57. The predicted octanol–water partition coefficient (Wildman–Crippen LogP) is 2.28. The summed E-state index contributed by atoms with van der Waals surface area (Å²) in [5.74, 6) is -1.55. The van der Waals surface area contributed by atoms with Crippen molar-refractivity contribution in [1.29, 1.82) is 0 Å². The van der Waals surface area contributed by atoms with Crippen molar-refractivity contribution in [3.8, 4) is 0 Å². The van der Waals surface area contributed by atoms with Gasteiger partial charge in [0, 0.05) is 13.1 Å². The van der Waals surface area contributed by atoms with E-state index < -0.39 is 17.8 Å². The Balaban J connectivity index is 1.92. The molecule has 7 heteroatoms. The number of hydrogen-bond acceptors (Lipinski definition) is 5. The number of amides is 2. The first kappa shape index (κ1) is 16.5. The molecule has 2 heterocycles. The van der Waals surface area contributed by atoms with E-state index in [0.29, 0.717) is 18.8 Å². The largest absolute Gasteiger partial charge is 0.465 e. The first-order chi connectivity index (χ1) is 11.5. The molecule has 0 unspecified atom stereocenters. The number of nitrogens with zero attached hydrogens (tertiary/aromatic N) is 2. The molecule has 1 aromatic carbocycles. The van der Waals surface area contributed by atoms with Gasteiger partial charge in [0.25, 0.3) is 11.8 Å². The van der Waals surface area contributed by atoms with Crippen molar-refractivity contribution in [3.63, 3.8) is 0 Å². The number of esters is 1. The molecule has 0 saturated carbocycles. The molecule has 126 valence electrons. The number of ether oxygens (including phenoxy) is 1. The Bertz CT molecular complexity index is 738. The van der Waals surface area contributed by atoms with Crippen LogP contribution in [-0.4, -0.2) is 42.9 Å². The number of methoxy groups -OCH3 is 1. The molecular formula is C17H17ClN2O4. The van der Waals surface area contributed by atoms with Gasteiger partial charge in [-0.2, -0.15) is 0 Å². The van der Waals surface area contributed by atoms with Crippen LogP contribution in [0.1, 0.15) is 29.6 Å². The summed E-state index contributed by atoms with van der Waals surface area (Å²) in [7, 11) is 1.27. The Labute approximate surface area is 144 Å². The number of carbonyl (C=O) groups is 3. The van der Waals surface area contributed by atoms with Gasteiger partial charge < -0.3 is 9.64 Å². The van der Waals surface area contributed by atoms with Crippen molar-refractivity contribution in [2.75, 3.05) is 25.1 Å². The van der Waals surface area contributed by atoms with E-state index in [-0.39, 0.29) is 16.3 Å². The fourth-order valence-electron chi connectivity index (χ4n) is 3.01. The quantitative estimate of drug-likeness (QED) is 0.619. The normalized spacial score (nSPS) is 18.4. The minimum Gasteiger partial charge on any atom is -0.465 e. The molecule has 0 radical (unpaired) electrons. The zero-order chi connectivity index (χ0) is 17.3. The average molecular weight is 349 g/mol. The lowest BCUT2D eigenvalue weighted by atomic mass is 10.1. The Morgan fingerprint density at radius 2 is 1.83 bits per heavy atom. The Morgan fingerprint density at radius 3 is 2.50 bits per heavy atom. The maximum Gasteiger partial charge on any atom is 0.337 e. The lowest BCUT2D eigenvalue weighted by Crippen LogP contribution is -2.37. The SMILES string of the molecule is COC(=O)c1cccc(N2C(=O)C(Cl)=C(N3CCCCC3)C2=O)c1. The number of benzene rings is 1. The standard InChI is InChI=1S/C17H17ClN2O4/c1-24-17(23)11-6-5-7-12(10-11)20-15(21)13(18)14(16(20)22)19-8-3-2-4-9-19/h5-7,10H,2-4,8-9H2,1H3. The van der Waals surface area contributed by atoms with Gasteiger partial charge in [-0.15, -0.1) is 0 Å². The fourth-order valence-corrected chi connectivity index (χ4v) is 3.29. The van der Waals surface area contributed by atoms with E-state index in [1.54, 1.807) is 18.2 Å². The molecule has 2 aliphatic heterocycles. The summed E-state index contributed by atoms with van der Waals surface area (Å²) < 4.78 is 4.67. The zero-order valence-electron chi connectivity index (χ0n) is 13.3. The van der Waals surface area contributed by atoms with E-state index >= 15 is 0 Å². The van der Waals surface area contributed by atoms with E-state index in [4.69, 9.17) is 11.6 Å². The summed E-state index contributed by atoms with van der Waals surface area (Å²) in [4.78, 5) is 39.8. The first-order valence-corrected chi connectivity index (χ1v) is 8.14. The highest BCUT2D eigenvalue weighted by Crippen LogP contribution is 2.32. The van der Waals surface area contributed by atoms with Crippen LogP contribution in [0.25, 0.3) is 0 Å². The maximum atomic E-state index is 12.8. The van der Waals surface area contributed by atoms with Gasteiger partial charge in [-0.1, -0.05) is 17.7 Å². The van der Waals surface area contributed by atoms with E-state index in [0.717, 1.165) is 24.2 Å². The van der Waals surface area contributed by atoms with Crippen LogP contribution in [0.5, 0.6) is 0 Å². The van der Waals surface area contributed by atoms with Crippen LogP contribution in [0.4, 0.5) is 5.69 Å². The second-order valence-electron chi connectivity index (χ2n) is 5.70. The third kappa shape index (κ3) is 2.78. The molecule has 3 rings (SSSR count). The molecule has 2 aliphatic rings. The van der Waals surface area contributed by atoms with Crippen molar-refractivity contribution in [2.45, 2.75) is 19.3 Å². The van der Waals surface area contributed by atoms with Crippen molar-refractivity contribution >= 4 is 35.1 Å². The minimum atomic E-state index is -0.566. The second kappa shape index (κ2) is 6.65. The number of anilines is 1. The van der Waals surface area contributed by atoms with E-state index in [9.17, 15) is 14.4 Å². The monoisotopic (exact) mass is 348 g/mol. The first-order valence-electron chi connectivity index (χ1n) is 7.76. The number of rotatable bonds is 3. The van der Waals surface area contributed by atoms with Gasteiger partial charge in [-0.05, 0) is 37.5 Å². The van der Waals surface area contributed by atoms with Gasteiger partial charge in [0.1, 0.15) is 10.7 Å². The molecule has 0 spiro atoms. The molecule has 1 saturated heterocycles. The molecule has 0 aromatic heterocycles. The molecule has 0 atom stereocenters. The van der Waals surface area contributed by atoms with Crippen LogP contribution in [0.3, 0.4) is 0 Å². The fraction of sp³-hybridized carbons (Fsp3) is 0.353. The lowest BCUT2D eigenvalue weighted by Gasteiger charge is -2.29. The van der Waals surface area contributed by atoms with Gasteiger partial charge in [0.2, 0.25) is 0 Å². The molecule has 2 amide bonds. The summed E-state index contributed by atoms with van der Waals surface area (Å²) >= 11 is 6.17. The third-order valence-electron chi connectivity index (χ3n) is 4.20. The van der Waals surface area contributed by atoms with Gasteiger partial charge in [-0.25, -0.2) is 9.69 Å². The molecule has 24 heavy (non-hydrogen) atoms. The van der Waals surface area contributed by atoms with Crippen LogP contribution in [-0.2, 0) is 14.3 Å². The van der Waals surface area contributed by atoms with Gasteiger partial charge in [-0.3, -0.25) is 9.59 Å². The third-order valence-corrected chi connectivity index (χ3v) is 4.54. The molecule has 6 nitrogen and oxygen atoms in total. The van der Waals surface area contributed by atoms with Crippen LogP contribution in [0.2, 0.25) is 0 Å². The van der Waals surface area contributed by atoms with Crippen LogP contribution >= 0.6 is 11.6 Å².